The molecule has 1 aliphatic rings. The normalized spacial score (nSPS) is 21.9. The van der Waals surface area contributed by atoms with E-state index < -0.39 is 0 Å². The SMILES string of the molecule is COC1CCOc2cscc2O1. The minimum Gasteiger partial charge on any atom is -0.489 e. The van der Waals surface area contributed by atoms with Gasteiger partial charge in [-0.3, -0.25) is 0 Å². The average Bonchev–Trinajstić information content (AvgIpc) is 2.43. The van der Waals surface area contributed by atoms with Crippen LogP contribution >= 0.6 is 11.3 Å². The molecule has 0 saturated heterocycles. The highest BCUT2D eigenvalue weighted by Crippen LogP contribution is 2.34. The lowest BCUT2D eigenvalue weighted by atomic mass is 10.4. The second-order valence-electron chi connectivity index (χ2n) is 2.52. The highest BCUT2D eigenvalue weighted by molar-refractivity contribution is 7.08. The van der Waals surface area contributed by atoms with Gasteiger partial charge in [-0.05, 0) is 0 Å². The molecule has 0 aromatic carbocycles. The molecule has 1 aromatic heterocycles. The maximum atomic E-state index is 5.51. The standard InChI is InChI=1S/C8H10O3S/c1-9-8-2-3-10-6-4-12-5-7(6)11-8/h4-5,8H,2-3H2,1H3. The first-order valence-electron chi connectivity index (χ1n) is 3.78. The summed E-state index contributed by atoms with van der Waals surface area (Å²) >= 11 is 1.57. The molecule has 1 atom stereocenters. The van der Waals surface area contributed by atoms with Gasteiger partial charge in [-0.2, -0.15) is 0 Å². The fourth-order valence-electron chi connectivity index (χ4n) is 1.10. The summed E-state index contributed by atoms with van der Waals surface area (Å²) in [6.45, 7) is 0.655. The maximum absolute atomic E-state index is 5.51. The number of thiophene rings is 1. The van der Waals surface area contributed by atoms with Crippen molar-refractivity contribution >= 4 is 11.3 Å². The zero-order valence-corrected chi connectivity index (χ0v) is 7.60. The van der Waals surface area contributed by atoms with Crippen molar-refractivity contribution in [3.63, 3.8) is 0 Å². The number of fused-ring (bicyclic) bond motifs is 1. The first kappa shape index (κ1) is 7.89. The summed E-state index contributed by atoms with van der Waals surface area (Å²) in [6, 6.07) is 0. The van der Waals surface area contributed by atoms with Gasteiger partial charge >= 0.3 is 0 Å². The van der Waals surface area contributed by atoms with Gasteiger partial charge in [-0.15, -0.1) is 11.3 Å². The highest BCUT2D eigenvalue weighted by atomic mass is 32.1. The Balaban J connectivity index is 2.18. The molecule has 0 N–H and O–H groups in total. The van der Waals surface area contributed by atoms with Crippen molar-refractivity contribution < 1.29 is 14.2 Å². The molecule has 0 spiro atoms. The zero-order chi connectivity index (χ0) is 8.39. The first-order chi connectivity index (χ1) is 5.90. The van der Waals surface area contributed by atoms with E-state index in [-0.39, 0.29) is 6.29 Å². The average molecular weight is 186 g/mol. The molecule has 12 heavy (non-hydrogen) atoms. The van der Waals surface area contributed by atoms with Crippen LogP contribution < -0.4 is 9.47 Å². The molecular formula is C8H10O3S. The molecule has 2 rings (SSSR count). The van der Waals surface area contributed by atoms with E-state index in [9.17, 15) is 0 Å². The molecule has 3 nitrogen and oxygen atoms in total. The molecule has 66 valence electrons. The quantitative estimate of drug-likeness (QED) is 0.670. The fourth-order valence-corrected chi connectivity index (χ4v) is 1.77. The zero-order valence-electron chi connectivity index (χ0n) is 6.78. The van der Waals surface area contributed by atoms with Gasteiger partial charge in [0.05, 0.1) is 6.61 Å². The minimum absolute atomic E-state index is 0.166. The van der Waals surface area contributed by atoms with E-state index in [1.807, 2.05) is 10.8 Å². The first-order valence-corrected chi connectivity index (χ1v) is 4.73. The summed E-state index contributed by atoms with van der Waals surface area (Å²) in [5, 5.41) is 3.86. The Kier molecular flexibility index (Phi) is 2.19. The Labute approximate surface area is 74.9 Å². The highest BCUT2D eigenvalue weighted by Gasteiger charge is 2.18. The van der Waals surface area contributed by atoms with Gasteiger partial charge in [0.25, 0.3) is 0 Å². The van der Waals surface area contributed by atoms with Crippen LogP contribution in [-0.4, -0.2) is 20.0 Å². The molecule has 1 aromatic rings. The van der Waals surface area contributed by atoms with E-state index in [4.69, 9.17) is 14.2 Å². The summed E-state index contributed by atoms with van der Waals surface area (Å²) in [5.74, 6) is 1.63. The van der Waals surface area contributed by atoms with Crippen LogP contribution in [0.25, 0.3) is 0 Å². The van der Waals surface area contributed by atoms with Crippen molar-refractivity contribution in [3.8, 4) is 11.5 Å². The monoisotopic (exact) mass is 186 g/mol. The smallest absolute Gasteiger partial charge is 0.203 e. The van der Waals surface area contributed by atoms with Crippen molar-refractivity contribution in [2.24, 2.45) is 0 Å². The molecule has 0 saturated carbocycles. The third-order valence-electron chi connectivity index (χ3n) is 1.73. The van der Waals surface area contributed by atoms with Gasteiger partial charge in [-0.25, -0.2) is 0 Å². The molecule has 4 heteroatoms. The molecule has 0 aliphatic carbocycles. The fraction of sp³-hybridized carbons (Fsp3) is 0.500. The van der Waals surface area contributed by atoms with Crippen LogP contribution in [0.1, 0.15) is 6.42 Å². The topological polar surface area (TPSA) is 27.7 Å². The lowest BCUT2D eigenvalue weighted by Gasteiger charge is -2.11. The summed E-state index contributed by atoms with van der Waals surface area (Å²) in [6.07, 6.45) is 0.608. The number of methoxy groups -OCH3 is 1. The predicted molar refractivity (Wildman–Crippen MR) is 45.9 cm³/mol. The van der Waals surface area contributed by atoms with Crippen molar-refractivity contribution in [2.45, 2.75) is 12.7 Å². The third-order valence-corrected chi connectivity index (χ3v) is 2.43. The van der Waals surface area contributed by atoms with Crippen molar-refractivity contribution in [1.82, 2.24) is 0 Å². The summed E-state index contributed by atoms with van der Waals surface area (Å²) in [7, 11) is 1.64. The molecule has 1 aliphatic heterocycles. The van der Waals surface area contributed by atoms with Crippen LogP contribution in [0.2, 0.25) is 0 Å². The van der Waals surface area contributed by atoms with E-state index in [1.165, 1.54) is 0 Å². The molecule has 0 bridgehead atoms. The third kappa shape index (κ3) is 1.40. The van der Waals surface area contributed by atoms with Crippen molar-refractivity contribution in [3.05, 3.63) is 10.8 Å². The minimum atomic E-state index is -0.166. The molecule has 1 unspecified atom stereocenters. The van der Waals surface area contributed by atoms with E-state index in [0.29, 0.717) is 6.61 Å². The predicted octanol–water partition coefficient (Wildman–Crippen LogP) is 1.88. The van der Waals surface area contributed by atoms with E-state index in [1.54, 1.807) is 18.4 Å². The van der Waals surface area contributed by atoms with E-state index in [2.05, 4.69) is 0 Å². The summed E-state index contributed by atoms with van der Waals surface area (Å²) in [5.41, 5.74) is 0. The van der Waals surface area contributed by atoms with Gasteiger partial charge in [0.2, 0.25) is 6.29 Å². The summed E-state index contributed by atoms with van der Waals surface area (Å²) < 4.78 is 16.0. The largest absolute Gasteiger partial charge is 0.489 e. The number of rotatable bonds is 1. The number of ether oxygens (including phenoxy) is 3. The maximum Gasteiger partial charge on any atom is 0.203 e. The Morgan fingerprint density at radius 1 is 1.50 bits per heavy atom. The van der Waals surface area contributed by atoms with Crippen LogP contribution in [0.3, 0.4) is 0 Å². The Morgan fingerprint density at radius 2 is 2.33 bits per heavy atom. The van der Waals surface area contributed by atoms with E-state index >= 15 is 0 Å². The van der Waals surface area contributed by atoms with Gasteiger partial charge in [0.15, 0.2) is 11.5 Å². The molecule has 0 radical (unpaired) electrons. The van der Waals surface area contributed by atoms with Crippen molar-refractivity contribution in [1.29, 1.82) is 0 Å². The molecule has 0 fully saturated rings. The van der Waals surface area contributed by atoms with Crippen LogP contribution in [-0.2, 0) is 4.74 Å². The van der Waals surface area contributed by atoms with E-state index in [0.717, 1.165) is 17.9 Å². The second-order valence-corrected chi connectivity index (χ2v) is 3.26. The van der Waals surface area contributed by atoms with Crippen LogP contribution in [0, 0.1) is 0 Å². The molecule has 0 amide bonds. The molecular weight excluding hydrogens is 176 g/mol. The molecule has 2 heterocycles. The lowest BCUT2D eigenvalue weighted by molar-refractivity contribution is -0.0563. The second kappa shape index (κ2) is 3.33. The van der Waals surface area contributed by atoms with Crippen LogP contribution in [0.4, 0.5) is 0 Å². The van der Waals surface area contributed by atoms with Gasteiger partial charge in [0.1, 0.15) is 0 Å². The Bertz CT molecular complexity index is 259. The van der Waals surface area contributed by atoms with Gasteiger partial charge in [-0.1, -0.05) is 0 Å². The van der Waals surface area contributed by atoms with Crippen LogP contribution in [0.15, 0.2) is 10.8 Å². The number of hydrogen-bond donors (Lipinski definition) is 0. The van der Waals surface area contributed by atoms with Crippen LogP contribution in [0.5, 0.6) is 11.5 Å². The van der Waals surface area contributed by atoms with Crippen molar-refractivity contribution in [2.75, 3.05) is 13.7 Å². The summed E-state index contributed by atoms with van der Waals surface area (Å²) in [4.78, 5) is 0. The van der Waals surface area contributed by atoms with Gasteiger partial charge in [0, 0.05) is 24.3 Å². The Hall–Kier alpha value is -0.740. The Morgan fingerprint density at radius 3 is 3.17 bits per heavy atom. The van der Waals surface area contributed by atoms with Gasteiger partial charge < -0.3 is 14.2 Å². The lowest BCUT2D eigenvalue weighted by Crippen LogP contribution is -2.18. The number of hydrogen-bond acceptors (Lipinski definition) is 4.